The largest absolute Gasteiger partial charge is 0.483 e. The van der Waals surface area contributed by atoms with Crippen molar-refractivity contribution in [2.75, 3.05) is 26.2 Å². The average Bonchev–Trinajstić information content (AvgIpc) is 2.79. The fourth-order valence-corrected chi connectivity index (χ4v) is 3.05. The number of alkyl halides is 3. The van der Waals surface area contributed by atoms with Gasteiger partial charge in [0.15, 0.2) is 0 Å². The number of nitrogens with zero attached hydrogens (tertiary/aromatic N) is 4. The molecule has 10 heteroatoms. The lowest BCUT2D eigenvalue weighted by Gasteiger charge is -2.22. The van der Waals surface area contributed by atoms with Crippen molar-refractivity contribution < 1.29 is 27.9 Å². The van der Waals surface area contributed by atoms with Crippen LogP contribution < -0.4 is 0 Å². The van der Waals surface area contributed by atoms with Crippen LogP contribution in [-0.2, 0) is 23.2 Å². The van der Waals surface area contributed by atoms with E-state index in [1.54, 1.807) is 0 Å². The van der Waals surface area contributed by atoms with E-state index in [1.165, 1.54) is 0 Å². The summed E-state index contributed by atoms with van der Waals surface area (Å²) in [5, 5.41) is 6.89. The third-order valence-corrected chi connectivity index (χ3v) is 4.36. The van der Waals surface area contributed by atoms with Crippen molar-refractivity contribution in [2.24, 2.45) is 7.05 Å². The first kappa shape index (κ1) is 20.7. The van der Waals surface area contributed by atoms with Crippen LogP contribution in [0.5, 0.6) is 0 Å². The van der Waals surface area contributed by atoms with Gasteiger partial charge in [-0.3, -0.25) is 14.5 Å². The Morgan fingerprint density at radius 2 is 1.89 bits per heavy atom. The monoisotopic (exact) mass is 386 g/mol. The lowest BCUT2D eigenvalue weighted by molar-refractivity contribution is -0.185. The standard InChI is InChI=1S/C16H19F3N4O.CH2O2/c1-21-13-6-3-2-5-12(13)20-14(21)11-22-7-4-8-23(10-9-22)15(24)16(17,18)19;2-1-3/h2-3,5-6H,4,7-11H2,1H3;1H,(H,2,3). The highest BCUT2D eigenvalue weighted by molar-refractivity contribution is 5.81. The molecule has 27 heavy (non-hydrogen) atoms. The van der Waals surface area contributed by atoms with Crippen LogP contribution >= 0.6 is 0 Å². The number of hydrogen-bond donors (Lipinski definition) is 1. The maximum absolute atomic E-state index is 12.6. The molecule has 0 atom stereocenters. The van der Waals surface area contributed by atoms with E-state index in [9.17, 15) is 18.0 Å². The molecule has 1 aromatic heterocycles. The van der Waals surface area contributed by atoms with Gasteiger partial charge in [-0.25, -0.2) is 4.98 Å². The van der Waals surface area contributed by atoms with E-state index >= 15 is 0 Å². The van der Waals surface area contributed by atoms with Crippen LogP contribution in [0.1, 0.15) is 12.2 Å². The Morgan fingerprint density at radius 1 is 1.22 bits per heavy atom. The average molecular weight is 386 g/mol. The number of carboxylic acid groups (broad SMARTS) is 1. The van der Waals surface area contributed by atoms with E-state index in [-0.39, 0.29) is 19.6 Å². The van der Waals surface area contributed by atoms with Gasteiger partial charge in [0.05, 0.1) is 17.6 Å². The second kappa shape index (κ2) is 8.85. The second-order valence-electron chi connectivity index (χ2n) is 6.10. The molecule has 0 aliphatic carbocycles. The highest BCUT2D eigenvalue weighted by Gasteiger charge is 2.42. The molecule has 0 saturated carbocycles. The van der Waals surface area contributed by atoms with Crippen molar-refractivity contribution >= 4 is 23.4 Å². The fourth-order valence-electron chi connectivity index (χ4n) is 3.05. The van der Waals surface area contributed by atoms with Crippen LogP contribution in [-0.4, -0.2) is 69.2 Å². The predicted octanol–water partition coefficient (Wildman–Crippen LogP) is 1.87. The molecular formula is C17H21F3N4O3. The summed E-state index contributed by atoms with van der Waals surface area (Å²) < 4.78 is 39.7. The van der Waals surface area contributed by atoms with Gasteiger partial charge in [-0.1, -0.05) is 12.1 Å². The van der Waals surface area contributed by atoms with Crippen molar-refractivity contribution in [3.8, 4) is 0 Å². The van der Waals surface area contributed by atoms with Gasteiger partial charge in [0.25, 0.3) is 6.47 Å². The molecule has 7 nitrogen and oxygen atoms in total. The number of para-hydroxylation sites is 2. The maximum atomic E-state index is 12.6. The number of halogens is 3. The van der Waals surface area contributed by atoms with Gasteiger partial charge in [-0.05, 0) is 18.6 Å². The van der Waals surface area contributed by atoms with E-state index < -0.39 is 12.1 Å². The van der Waals surface area contributed by atoms with Crippen molar-refractivity contribution in [3.63, 3.8) is 0 Å². The summed E-state index contributed by atoms with van der Waals surface area (Å²) in [5.74, 6) is -0.876. The number of aromatic nitrogens is 2. The molecule has 1 N–H and O–H groups in total. The van der Waals surface area contributed by atoms with Crippen LogP contribution in [0.25, 0.3) is 11.0 Å². The summed E-state index contributed by atoms with van der Waals surface area (Å²) in [5.41, 5.74) is 1.93. The molecule has 0 radical (unpaired) electrons. The Kier molecular flexibility index (Phi) is 6.78. The first-order valence-electron chi connectivity index (χ1n) is 8.34. The topological polar surface area (TPSA) is 78.7 Å². The number of amides is 1. The lowest BCUT2D eigenvalue weighted by atomic mass is 10.3. The lowest BCUT2D eigenvalue weighted by Crippen LogP contribution is -2.43. The van der Waals surface area contributed by atoms with E-state index in [0.29, 0.717) is 26.1 Å². The minimum atomic E-state index is -4.80. The summed E-state index contributed by atoms with van der Waals surface area (Å²) in [4.78, 5) is 27.3. The van der Waals surface area contributed by atoms with E-state index in [1.807, 2.05) is 40.8 Å². The summed E-state index contributed by atoms with van der Waals surface area (Å²) >= 11 is 0. The zero-order valence-corrected chi connectivity index (χ0v) is 14.8. The highest BCUT2D eigenvalue weighted by Crippen LogP contribution is 2.20. The molecule has 0 bridgehead atoms. The van der Waals surface area contributed by atoms with E-state index in [0.717, 1.165) is 21.8 Å². The summed E-state index contributed by atoms with van der Waals surface area (Å²) in [6.45, 7) is 1.58. The van der Waals surface area contributed by atoms with Crippen LogP contribution in [0, 0.1) is 0 Å². The summed E-state index contributed by atoms with van der Waals surface area (Å²) in [7, 11) is 1.93. The number of carbonyl (C=O) groups excluding carboxylic acids is 1. The Morgan fingerprint density at radius 3 is 2.52 bits per heavy atom. The fraction of sp³-hybridized carbons (Fsp3) is 0.471. The minimum Gasteiger partial charge on any atom is -0.483 e. The molecule has 1 aliphatic heterocycles. The van der Waals surface area contributed by atoms with Gasteiger partial charge in [0.1, 0.15) is 5.82 Å². The Labute approximate surface area is 154 Å². The first-order chi connectivity index (χ1) is 12.8. The first-order valence-corrected chi connectivity index (χ1v) is 8.34. The van der Waals surface area contributed by atoms with Crippen LogP contribution in [0.3, 0.4) is 0 Å². The van der Waals surface area contributed by atoms with Gasteiger partial charge >= 0.3 is 12.1 Å². The third-order valence-electron chi connectivity index (χ3n) is 4.36. The molecule has 1 aliphatic rings. The van der Waals surface area contributed by atoms with Gasteiger partial charge < -0.3 is 14.6 Å². The molecule has 2 heterocycles. The molecule has 1 saturated heterocycles. The van der Waals surface area contributed by atoms with Crippen LogP contribution in [0.15, 0.2) is 24.3 Å². The molecule has 1 aromatic carbocycles. The molecule has 0 spiro atoms. The van der Waals surface area contributed by atoms with Crippen LogP contribution in [0.2, 0.25) is 0 Å². The number of carbonyl (C=O) groups is 2. The van der Waals surface area contributed by atoms with Gasteiger partial charge in [-0.15, -0.1) is 0 Å². The summed E-state index contributed by atoms with van der Waals surface area (Å²) in [6.07, 6.45) is -4.28. The van der Waals surface area contributed by atoms with Gasteiger partial charge in [-0.2, -0.15) is 13.2 Å². The van der Waals surface area contributed by atoms with Gasteiger partial charge in [0.2, 0.25) is 0 Å². The zero-order chi connectivity index (χ0) is 20.0. The SMILES string of the molecule is Cn1c(CN2CCCN(C(=O)C(F)(F)F)CC2)nc2ccccc21.O=CO. The zero-order valence-electron chi connectivity index (χ0n) is 14.8. The molecule has 3 rings (SSSR count). The second-order valence-corrected chi connectivity index (χ2v) is 6.10. The van der Waals surface area contributed by atoms with Crippen molar-refractivity contribution in [3.05, 3.63) is 30.1 Å². The van der Waals surface area contributed by atoms with Crippen LogP contribution in [0.4, 0.5) is 13.2 Å². The summed E-state index contributed by atoms with van der Waals surface area (Å²) in [6, 6.07) is 7.79. The van der Waals surface area contributed by atoms with Crippen molar-refractivity contribution in [1.82, 2.24) is 19.4 Å². The molecule has 1 fully saturated rings. The quantitative estimate of drug-likeness (QED) is 0.798. The molecule has 2 aromatic rings. The Hall–Kier alpha value is -2.62. The van der Waals surface area contributed by atoms with E-state index in [2.05, 4.69) is 4.98 Å². The number of hydrogen-bond acceptors (Lipinski definition) is 4. The van der Waals surface area contributed by atoms with Gasteiger partial charge in [0, 0.05) is 33.2 Å². The van der Waals surface area contributed by atoms with E-state index in [4.69, 9.17) is 9.90 Å². The molecular weight excluding hydrogens is 365 g/mol. The minimum absolute atomic E-state index is 0.0856. The predicted molar refractivity (Wildman–Crippen MR) is 91.9 cm³/mol. The highest BCUT2D eigenvalue weighted by atomic mass is 19.4. The Bertz CT molecular complexity index is 791. The van der Waals surface area contributed by atoms with Crippen molar-refractivity contribution in [2.45, 2.75) is 19.1 Å². The number of rotatable bonds is 2. The maximum Gasteiger partial charge on any atom is 0.471 e. The molecule has 148 valence electrons. The number of aryl methyl sites for hydroxylation is 1. The molecule has 1 amide bonds. The number of benzene rings is 1. The number of fused-ring (bicyclic) bond motifs is 1. The Balaban J connectivity index is 0.000000817. The number of imidazole rings is 1. The molecule has 0 unspecified atom stereocenters. The smallest absolute Gasteiger partial charge is 0.471 e. The third kappa shape index (κ3) is 5.19. The normalized spacial score (nSPS) is 15.8. The van der Waals surface area contributed by atoms with Crippen molar-refractivity contribution in [1.29, 1.82) is 0 Å².